The van der Waals surface area contributed by atoms with E-state index in [1.54, 1.807) is 0 Å². The van der Waals surface area contributed by atoms with Crippen LogP contribution < -0.4 is 4.74 Å². The summed E-state index contributed by atoms with van der Waals surface area (Å²) < 4.78 is 39.4. The van der Waals surface area contributed by atoms with Crippen molar-refractivity contribution in [3.63, 3.8) is 0 Å². The van der Waals surface area contributed by atoms with Gasteiger partial charge in [0.15, 0.2) is 20.9 Å². The maximum atomic E-state index is 7.21. The van der Waals surface area contributed by atoms with Gasteiger partial charge in [0, 0.05) is 19.1 Å². The highest BCUT2D eigenvalue weighted by Crippen LogP contribution is 2.48. The van der Waals surface area contributed by atoms with Gasteiger partial charge in [-0.3, -0.25) is 0 Å². The lowest BCUT2D eigenvalue weighted by Gasteiger charge is -2.41. The predicted molar refractivity (Wildman–Crippen MR) is 178 cm³/mol. The average molecular weight is 680 g/mol. The molecule has 3 unspecified atom stereocenters. The largest absolute Gasteiger partial charge is 0.494 e. The van der Waals surface area contributed by atoms with Gasteiger partial charge in [0.2, 0.25) is 0 Å². The molecule has 1 aliphatic carbocycles. The molecule has 43 heavy (non-hydrogen) atoms. The van der Waals surface area contributed by atoms with E-state index < -0.39 is 8.32 Å². The van der Waals surface area contributed by atoms with Gasteiger partial charge < -0.3 is 28.1 Å². The van der Waals surface area contributed by atoms with E-state index in [1.165, 1.54) is 0 Å². The Morgan fingerprint density at radius 2 is 1.67 bits per heavy atom. The Morgan fingerprint density at radius 3 is 2.28 bits per heavy atom. The zero-order valence-electron chi connectivity index (χ0n) is 27.1. The number of ether oxygens (including phenoxy) is 5. The molecule has 242 valence electrons. The van der Waals surface area contributed by atoms with Gasteiger partial charge in [-0.1, -0.05) is 60.8 Å². The number of benzene rings is 1. The first-order valence-corrected chi connectivity index (χ1v) is 20.4. The second-order valence-electron chi connectivity index (χ2n) is 14.0. The van der Waals surface area contributed by atoms with Crippen molar-refractivity contribution >= 4 is 24.2 Å². The number of alkyl halides is 1. The Morgan fingerprint density at radius 1 is 1.00 bits per heavy atom. The summed E-state index contributed by atoms with van der Waals surface area (Å²) in [4.78, 5) is -0.0526. The molecule has 0 amide bonds. The number of halogens is 1. The van der Waals surface area contributed by atoms with Crippen LogP contribution in [0.25, 0.3) is 0 Å². The first-order chi connectivity index (χ1) is 20.6. The maximum Gasteiger partial charge on any atom is 0.192 e. The Bertz CT molecular complexity index is 982. The van der Waals surface area contributed by atoms with Crippen molar-refractivity contribution in [2.24, 2.45) is 11.8 Å². The van der Waals surface area contributed by atoms with Crippen molar-refractivity contribution in [2.75, 3.05) is 19.8 Å². The van der Waals surface area contributed by atoms with Gasteiger partial charge in [-0.2, -0.15) is 0 Å². The van der Waals surface area contributed by atoms with Crippen LogP contribution in [-0.2, 0) is 23.4 Å². The van der Waals surface area contributed by atoms with Gasteiger partial charge in [0.25, 0.3) is 0 Å². The molecule has 1 aromatic rings. The van der Waals surface area contributed by atoms with Crippen molar-refractivity contribution in [3.05, 3.63) is 30.3 Å². The third-order valence-corrected chi connectivity index (χ3v) is 14.9. The molecule has 1 aromatic carbocycles. The summed E-state index contributed by atoms with van der Waals surface area (Å²) in [7, 11) is -2.07. The lowest BCUT2D eigenvalue weighted by Crippen LogP contribution is -2.46. The number of hydrogen-bond acceptors (Lipinski definition) is 6. The summed E-state index contributed by atoms with van der Waals surface area (Å²) in [5, 5.41) is 0.0962. The van der Waals surface area contributed by atoms with Crippen molar-refractivity contribution < 1.29 is 28.1 Å². The fourth-order valence-electron chi connectivity index (χ4n) is 6.42. The first-order valence-electron chi connectivity index (χ1n) is 16.6. The lowest BCUT2D eigenvalue weighted by atomic mass is 9.83. The maximum absolute atomic E-state index is 7.21. The molecule has 0 spiro atoms. The van der Waals surface area contributed by atoms with E-state index in [4.69, 9.17) is 34.5 Å². The zero-order chi connectivity index (χ0) is 30.9. The summed E-state index contributed by atoms with van der Waals surface area (Å²) in [5.74, 6) is 4.09. The fourth-order valence-corrected chi connectivity index (χ4v) is 8.23. The third kappa shape index (κ3) is 10.3. The van der Waals surface area contributed by atoms with Gasteiger partial charge >= 0.3 is 0 Å². The van der Waals surface area contributed by atoms with E-state index >= 15 is 0 Å². The van der Waals surface area contributed by atoms with Gasteiger partial charge in [0.1, 0.15) is 5.75 Å². The van der Waals surface area contributed by atoms with Crippen molar-refractivity contribution in [1.82, 2.24) is 0 Å². The fraction of sp³-hybridized carbons (Fsp3) is 0.771. The minimum atomic E-state index is -2.07. The molecule has 3 aliphatic rings. The van der Waals surface area contributed by atoms with Crippen LogP contribution in [0.5, 0.6) is 5.75 Å². The number of para-hydroxylation sites is 1. The summed E-state index contributed by atoms with van der Waals surface area (Å²) in [6.07, 6.45) is 15.1. The van der Waals surface area contributed by atoms with Crippen LogP contribution in [0.4, 0.5) is 0 Å². The zero-order valence-corrected chi connectivity index (χ0v) is 29.7. The Hall–Kier alpha value is -0.923. The third-order valence-electron chi connectivity index (χ3n) is 9.78. The second kappa shape index (κ2) is 16.6. The van der Waals surface area contributed by atoms with Gasteiger partial charge in [-0.15, -0.1) is 6.42 Å². The van der Waals surface area contributed by atoms with Crippen LogP contribution in [-0.4, -0.2) is 63.9 Å². The molecular weight excluding hydrogens is 624 g/mol. The molecular formula is C35H55BrO6Si. The van der Waals surface area contributed by atoms with Gasteiger partial charge in [0.05, 0.1) is 29.7 Å². The Kier molecular flexibility index (Phi) is 13.5. The molecule has 2 aliphatic heterocycles. The lowest BCUT2D eigenvalue weighted by molar-refractivity contribution is -0.232. The van der Waals surface area contributed by atoms with Crippen LogP contribution >= 0.6 is 15.9 Å². The number of rotatable bonds is 14. The van der Waals surface area contributed by atoms with E-state index in [2.05, 4.69) is 55.7 Å². The van der Waals surface area contributed by atoms with E-state index in [1.807, 2.05) is 30.3 Å². The van der Waals surface area contributed by atoms with Gasteiger partial charge in [-0.05, 0) is 100 Å². The first kappa shape index (κ1) is 34.9. The monoisotopic (exact) mass is 678 g/mol. The highest BCUT2D eigenvalue weighted by Gasteiger charge is 2.52. The summed E-state index contributed by atoms with van der Waals surface area (Å²) in [6.45, 7) is 13.7. The van der Waals surface area contributed by atoms with Crippen LogP contribution in [0.15, 0.2) is 30.3 Å². The van der Waals surface area contributed by atoms with Gasteiger partial charge in [-0.25, -0.2) is 0 Å². The summed E-state index contributed by atoms with van der Waals surface area (Å²) in [5.41, 5.74) is 0. The molecule has 8 atom stereocenters. The van der Waals surface area contributed by atoms with Crippen LogP contribution in [0.2, 0.25) is 18.1 Å². The molecule has 1 saturated carbocycles. The molecule has 0 aromatic heterocycles. The van der Waals surface area contributed by atoms with Crippen molar-refractivity contribution in [3.8, 4) is 18.1 Å². The van der Waals surface area contributed by atoms with E-state index in [0.717, 1.165) is 83.2 Å². The predicted octanol–water partition coefficient (Wildman–Crippen LogP) is 8.48. The number of terminal acetylenes is 1. The molecule has 8 heteroatoms. The molecule has 6 nitrogen and oxygen atoms in total. The smallest absolute Gasteiger partial charge is 0.192 e. The quantitative estimate of drug-likeness (QED) is 0.0851. The standard InChI is InChI=1S/C35H55BrO6Si/c1-7-26(36)24-28-30(42-43(5,6)35(2,3)4)25-31(41-33-20-12-14-22-39-33)34(28)29(40-32-19-11-13-21-38-32)18-15-23-37-27-16-9-8-10-17-27/h1,8-10,16-17,26,28-34H,11-15,18-25H2,2-6H3/t26-,28+,29?,30+,31-,32?,33?,34+/m0/s1. The SMILES string of the molecule is C#C[C@H](Br)C[C@H]1[C@H](C(CCCOc2ccccc2)OC2CCCCO2)[C@@H](OC2CCCCO2)C[C@H]1O[Si](C)(C)C(C)(C)C. The highest BCUT2D eigenvalue weighted by molar-refractivity contribution is 9.09. The normalized spacial score (nSPS) is 30.0. The molecule has 2 heterocycles. The molecule has 0 bridgehead atoms. The van der Waals surface area contributed by atoms with Crippen LogP contribution in [0, 0.1) is 24.2 Å². The van der Waals surface area contributed by atoms with Crippen LogP contribution in [0.3, 0.4) is 0 Å². The topological polar surface area (TPSA) is 55.4 Å². The minimum Gasteiger partial charge on any atom is -0.494 e. The van der Waals surface area contributed by atoms with E-state index in [9.17, 15) is 0 Å². The second-order valence-corrected chi connectivity index (χ2v) is 19.9. The minimum absolute atomic E-state index is 0.0341. The molecule has 2 saturated heterocycles. The van der Waals surface area contributed by atoms with E-state index in [0.29, 0.717) is 6.61 Å². The number of hydrogen-bond donors (Lipinski definition) is 0. The summed E-state index contributed by atoms with van der Waals surface area (Å²) in [6, 6.07) is 10.0. The van der Waals surface area contributed by atoms with Crippen LogP contribution in [0.1, 0.15) is 85.0 Å². The van der Waals surface area contributed by atoms with Crippen molar-refractivity contribution in [2.45, 2.75) is 139 Å². The Labute approximate surface area is 270 Å². The molecule has 0 radical (unpaired) electrons. The molecule has 4 rings (SSSR count). The summed E-state index contributed by atoms with van der Waals surface area (Å²) >= 11 is 3.79. The highest BCUT2D eigenvalue weighted by atomic mass is 79.9. The average Bonchev–Trinajstić information content (AvgIpc) is 3.30. The molecule has 3 fully saturated rings. The van der Waals surface area contributed by atoms with E-state index in [-0.39, 0.29) is 52.6 Å². The van der Waals surface area contributed by atoms with Crippen molar-refractivity contribution in [1.29, 1.82) is 0 Å². The Balaban J connectivity index is 1.61. The molecule has 0 N–H and O–H groups in total.